The van der Waals surface area contributed by atoms with Gasteiger partial charge in [0.05, 0.1) is 0 Å². The highest BCUT2D eigenvalue weighted by molar-refractivity contribution is 6.63. The molecule has 0 bridgehead atoms. The zero-order valence-electron chi connectivity index (χ0n) is 12.5. The molecule has 0 aliphatic heterocycles. The van der Waals surface area contributed by atoms with Crippen LogP contribution in [0, 0.1) is 0 Å². The first-order valence-corrected chi connectivity index (χ1v) is 8.68. The summed E-state index contributed by atoms with van der Waals surface area (Å²) < 4.78 is 0. The van der Waals surface area contributed by atoms with Crippen LogP contribution in [0.4, 0.5) is 0 Å². The van der Waals surface area contributed by atoms with Crippen LogP contribution < -0.4 is 5.19 Å². The Morgan fingerprint density at radius 3 is 2.52 bits per heavy atom. The van der Waals surface area contributed by atoms with Gasteiger partial charge in [0.2, 0.25) is 0 Å². The summed E-state index contributed by atoms with van der Waals surface area (Å²) in [6.45, 7) is 2.26. The second-order valence-electron chi connectivity index (χ2n) is 5.40. The van der Waals surface area contributed by atoms with Crippen LogP contribution in [0.3, 0.4) is 0 Å². The number of benzene rings is 2. The summed E-state index contributed by atoms with van der Waals surface area (Å²) >= 11 is 0. The Hall–Kier alpha value is -1.86. The summed E-state index contributed by atoms with van der Waals surface area (Å²) in [7, 11) is 0.790. The molecule has 2 radical (unpaired) electrons. The number of aryl methyl sites for hydroxylation is 1. The van der Waals surface area contributed by atoms with Gasteiger partial charge in [0.15, 0.2) is 0 Å². The van der Waals surface area contributed by atoms with Crippen molar-refractivity contribution in [3.8, 4) is 0 Å². The molecule has 104 valence electrons. The molecule has 2 aromatic carbocycles. The number of rotatable bonds is 5. The molecule has 0 spiro atoms. The molecule has 2 aromatic rings. The zero-order chi connectivity index (χ0) is 14.5. The van der Waals surface area contributed by atoms with Crippen LogP contribution >= 0.6 is 0 Å². The van der Waals surface area contributed by atoms with Crippen LogP contribution in [0.1, 0.15) is 30.9 Å². The van der Waals surface area contributed by atoms with E-state index in [4.69, 9.17) is 0 Å². The van der Waals surface area contributed by atoms with Gasteiger partial charge in [-0.05, 0) is 29.5 Å². The van der Waals surface area contributed by atoms with E-state index >= 15 is 0 Å². The first kappa shape index (κ1) is 14.1. The van der Waals surface area contributed by atoms with Gasteiger partial charge in [0.25, 0.3) is 0 Å². The summed E-state index contributed by atoms with van der Waals surface area (Å²) in [6.07, 6.45) is 8.09. The minimum atomic E-state index is 0.790. The van der Waals surface area contributed by atoms with E-state index in [2.05, 4.69) is 73.7 Å². The highest BCUT2D eigenvalue weighted by atomic mass is 28.2. The fourth-order valence-corrected chi connectivity index (χ4v) is 4.26. The molecule has 0 aromatic heterocycles. The molecule has 0 atom stereocenters. The van der Waals surface area contributed by atoms with Crippen LogP contribution in [-0.4, -0.2) is 9.52 Å². The van der Waals surface area contributed by atoms with E-state index in [1.165, 1.54) is 34.7 Å². The molecule has 0 fully saturated rings. The summed E-state index contributed by atoms with van der Waals surface area (Å²) in [4.78, 5) is 0. The Kier molecular flexibility index (Phi) is 4.51. The highest BCUT2D eigenvalue weighted by Gasteiger charge is 2.13. The van der Waals surface area contributed by atoms with Crippen LogP contribution in [0.5, 0.6) is 0 Å². The lowest BCUT2D eigenvalue weighted by Crippen LogP contribution is -2.21. The second-order valence-corrected chi connectivity index (χ2v) is 6.79. The third-order valence-electron chi connectivity index (χ3n) is 3.84. The molecule has 0 N–H and O–H groups in total. The molecule has 21 heavy (non-hydrogen) atoms. The monoisotopic (exact) mass is 288 g/mol. The van der Waals surface area contributed by atoms with Gasteiger partial charge in [0.1, 0.15) is 9.52 Å². The topological polar surface area (TPSA) is 0 Å². The maximum Gasteiger partial charge on any atom is 0.117 e. The molecule has 1 aliphatic rings. The van der Waals surface area contributed by atoms with E-state index < -0.39 is 0 Å². The Morgan fingerprint density at radius 1 is 0.952 bits per heavy atom. The van der Waals surface area contributed by atoms with Crippen LogP contribution in [0.2, 0.25) is 0 Å². The highest BCUT2D eigenvalue weighted by Crippen LogP contribution is 2.27. The van der Waals surface area contributed by atoms with Gasteiger partial charge in [-0.1, -0.05) is 90.5 Å². The average Bonchev–Trinajstić information content (AvgIpc) is 2.99. The van der Waals surface area contributed by atoms with Crippen LogP contribution in [0.25, 0.3) is 5.57 Å². The third-order valence-corrected chi connectivity index (χ3v) is 5.37. The van der Waals surface area contributed by atoms with Gasteiger partial charge in [-0.3, -0.25) is 0 Å². The normalized spacial score (nSPS) is 14.0. The second kappa shape index (κ2) is 6.73. The maximum atomic E-state index is 2.30. The standard InChI is InChI=1S/C20H20Si/c1-2-9-17-12-6-7-14-19(17)21-20-15-8-13-18(20)16-10-4-3-5-11-16/h3-8,10-14H,2,9,15H2,1H3. The Morgan fingerprint density at radius 2 is 1.71 bits per heavy atom. The van der Waals surface area contributed by atoms with Crippen molar-refractivity contribution in [2.24, 2.45) is 0 Å². The first-order valence-electron chi connectivity index (χ1n) is 7.68. The molecule has 0 unspecified atom stereocenters. The quantitative estimate of drug-likeness (QED) is 0.718. The maximum absolute atomic E-state index is 2.30. The van der Waals surface area contributed by atoms with Crippen molar-refractivity contribution in [3.05, 3.63) is 83.1 Å². The van der Waals surface area contributed by atoms with Crippen molar-refractivity contribution < 1.29 is 0 Å². The first-order chi connectivity index (χ1) is 10.4. The van der Waals surface area contributed by atoms with E-state index in [-0.39, 0.29) is 0 Å². The number of hydrogen-bond donors (Lipinski definition) is 0. The Balaban J connectivity index is 1.91. The van der Waals surface area contributed by atoms with Crippen LogP contribution in [0.15, 0.2) is 71.9 Å². The smallest absolute Gasteiger partial charge is 0.0802 e. The number of hydrogen-bond acceptors (Lipinski definition) is 0. The summed E-state index contributed by atoms with van der Waals surface area (Å²) in [5.41, 5.74) is 4.30. The predicted molar refractivity (Wildman–Crippen MR) is 92.9 cm³/mol. The number of allylic oxidation sites excluding steroid dienone is 4. The summed E-state index contributed by atoms with van der Waals surface area (Å²) in [6, 6.07) is 19.7. The minimum absolute atomic E-state index is 0.790. The molecule has 0 nitrogen and oxygen atoms in total. The van der Waals surface area contributed by atoms with Gasteiger partial charge < -0.3 is 0 Å². The van der Waals surface area contributed by atoms with Gasteiger partial charge >= 0.3 is 0 Å². The van der Waals surface area contributed by atoms with E-state index in [9.17, 15) is 0 Å². The minimum Gasteiger partial charge on any atom is -0.0802 e. The summed E-state index contributed by atoms with van der Waals surface area (Å²) in [5.74, 6) is 0. The van der Waals surface area contributed by atoms with Crippen molar-refractivity contribution >= 4 is 20.3 Å². The van der Waals surface area contributed by atoms with Gasteiger partial charge in [-0.2, -0.15) is 0 Å². The van der Waals surface area contributed by atoms with E-state index in [1.54, 1.807) is 5.20 Å². The van der Waals surface area contributed by atoms with Crippen molar-refractivity contribution in [3.63, 3.8) is 0 Å². The predicted octanol–water partition coefficient (Wildman–Crippen LogP) is 4.34. The zero-order valence-corrected chi connectivity index (χ0v) is 13.5. The van der Waals surface area contributed by atoms with Crippen molar-refractivity contribution in [2.75, 3.05) is 0 Å². The Bertz CT molecular complexity index is 665. The molecule has 1 aliphatic carbocycles. The van der Waals surface area contributed by atoms with E-state index in [0.717, 1.165) is 15.9 Å². The fourth-order valence-electron chi connectivity index (χ4n) is 2.80. The largest absolute Gasteiger partial charge is 0.117 e. The molecule has 0 saturated heterocycles. The SMILES string of the molecule is CCCc1ccccc1[Si]C1=C(c2ccccc2)C=CC1. The van der Waals surface area contributed by atoms with E-state index in [1.807, 2.05) is 0 Å². The molecule has 0 heterocycles. The van der Waals surface area contributed by atoms with E-state index in [0.29, 0.717) is 0 Å². The summed E-state index contributed by atoms with van der Waals surface area (Å²) in [5, 5.41) is 3.09. The van der Waals surface area contributed by atoms with Crippen molar-refractivity contribution in [2.45, 2.75) is 26.2 Å². The Labute approximate surface area is 130 Å². The molecule has 1 heteroatoms. The lowest BCUT2D eigenvalue weighted by Gasteiger charge is -2.11. The lowest BCUT2D eigenvalue weighted by molar-refractivity contribution is 0.927. The molecule has 0 amide bonds. The van der Waals surface area contributed by atoms with Gasteiger partial charge in [0, 0.05) is 0 Å². The average molecular weight is 288 g/mol. The molecular weight excluding hydrogens is 268 g/mol. The van der Waals surface area contributed by atoms with Gasteiger partial charge in [-0.15, -0.1) is 0 Å². The van der Waals surface area contributed by atoms with Gasteiger partial charge in [-0.25, -0.2) is 0 Å². The lowest BCUT2D eigenvalue weighted by atomic mass is 10.1. The van der Waals surface area contributed by atoms with Crippen LogP contribution in [-0.2, 0) is 6.42 Å². The fraction of sp³-hybridized carbons (Fsp3) is 0.200. The third kappa shape index (κ3) is 3.25. The van der Waals surface area contributed by atoms with Crippen molar-refractivity contribution in [1.82, 2.24) is 0 Å². The molecule has 0 saturated carbocycles. The van der Waals surface area contributed by atoms with Crippen molar-refractivity contribution in [1.29, 1.82) is 0 Å². The molecular formula is C20H20Si. The molecule has 3 rings (SSSR count).